The number of hydrogen-bond donors (Lipinski definition) is 2. The minimum absolute atomic E-state index is 0.00819. The molecule has 0 unspecified atom stereocenters. The lowest BCUT2D eigenvalue weighted by Crippen LogP contribution is -2.51. The molecule has 2 fully saturated rings. The zero-order valence-corrected chi connectivity index (χ0v) is 17.5. The number of methoxy groups -OCH3 is 1. The molecule has 2 aromatic rings. The number of aromatic nitrogens is 2. The van der Waals surface area contributed by atoms with Crippen LogP contribution in [0.2, 0.25) is 0 Å². The summed E-state index contributed by atoms with van der Waals surface area (Å²) in [5.74, 6) is 0.119. The van der Waals surface area contributed by atoms with Crippen molar-refractivity contribution < 1.29 is 13.9 Å². The highest BCUT2D eigenvalue weighted by atomic mass is 19.1. The average Bonchev–Trinajstić information content (AvgIpc) is 3.00. The molecule has 0 saturated carbocycles. The van der Waals surface area contributed by atoms with Gasteiger partial charge in [0.2, 0.25) is 5.95 Å². The van der Waals surface area contributed by atoms with E-state index in [1.165, 1.54) is 23.8 Å². The van der Waals surface area contributed by atoms with E-state index in [4.69, 9.17) is 20.9 Å². The van der Waals surface area contributed by atoms with Crippen molar-refractivity contribution in [2.75, 3.05) is 37.4 Å². The van der Waals surface area contributed by atoms with Crippen LogP contribution in [0.1, 0.15) is 19.8 Å². The molecule has 1 aromatic carbocycles. The van der Waals surface area contributed by atoms with Gasteiger partial charge in [0.15, 0.2) is 11.6 Å². The van der Waals surface area contributed by atoms with Crippen molar-refractivity contribution in [3.8, 4) is 16.9 Å². The predicted molar refractivity (Wildman–Crippen MR) is 113 cm³/mol. The summed E-state index contributed by atoms with van der Waals surface area (Å²) in [5, 5.41) is 0. The Hall–Kier alpha value is -2.65. The van der Waals surface area contributed by atoms with Gasteiger partial charge < -0.3 is 25.8 Å². The van der Waals surface area contributed by atoms with Crippen molar-refractivity contribution >= 4 is 11.8 Å². The van der Waals surface area contributed by atoms with E-state index in [1.54, 1.807) is 13.1 Å². The van der Waals surface area contributed by atoms with Gasteiger partial charge in [-0.05, 0) is 37.5 Å². The Kier molecular flexibility index (Phi) is 5.19. The molecular formula is C21H28FN5O3. The highest BCUT2D eigenvalue weighted by Gasteiger charge is 2.47. The number of halogens is 1. The van der Waals surface area contributed by atoms with Crippen molar-refractivity contribution in [3.05, 3.63) is 34.4 Å². The van der Waals surface area contributed by atoms with Crippen LogP contribution in [0.5, 0.6) is 5.75 Å². The summed E-state index contributed by atoms with van der Waals surface area (Å²) in [5.41, 5.74) is 12.7. The summed E-state index contributed by atoms with van der Waals surface area (Å²) in [4.78, 5) is 19.6. The number of ether oxygens (including phenoxy) is 2. The Labute approximate surface area is 174 Å². The van der Waals surface area contributed by atoms with Crippen molar-refractivity contribution in [1.82, 2.24) is 9.55 Å². The molecule has 162 valence electrons. The van der Waals surface area contributed by atoms with Crippen LogP contribution in [0.25, 0.3) is 11.1 Å². The van der Waals surface area contributed by atoms with Gasteiger partial charge in [-0.1, -0.05) is 6.07 Å². The Balaban J connectivity index is 1.63. The second-order valence-electron chi connectivity index (χ2n) is 8.28. The standard InChI is InChI=1S/C21H28FN5O3/c1-12-17(23)21(11-30-12)6-8-27(9-7-21)20-25-18(24)16(19(28)26(20)2)13-4-5-15(29-3)14(22)10-13/h4-5,10,12,17H,6-9,11,23-24H2,1-3H3/t12-,17+/m0/s1. The monoisotopic (exact) mass is 417 g/mol. The lowest BCUT2D eigenvalue weighted by Gasteiger charge is -2.41. The molecule has 2 saturated heterocycles. The maximum atomic E-state index is 14.2. The van der Waals surface area contributed by atoms with Crippen LogP contribution in [0.15, 0.2) is 23.0 Å². The van der Waals surface area contributed by atoms with Crippen molar-refractivity contribution in [3.63, 3.8) is 0 Å². The van der Waals surface area contributed by atoms with Crippen molar-refractivity contribution in [2.45, 2.75) is 31.9 Å². The normalized spacial score (nSPS) is 23.2. The van der Waals surface area contributed by atoms with Gasteiger partial charge >= 0.3 is 0 Å². The van der Waals surface area contributed by atoms with Gasteiger partial charge in [-0.25, -0.2) is 4.39 Å². The van der Waals surface area contributed by atoms with Crippen LogP contribution in [0.4, 0.5) is 16.2 Å². The molecule has 9 heteroatoms. The summed E-state index contributed by atoms with van der Waals surface area (Å²) < 4.78 is 26.3. The third-order valence-corrected chi connectivity index (χ3v) is 6.62. The van der Waals surface area contributed by atoms with Crippen LogP contribution in [-0.2, 0) is 11.8 Å². The van der Waals surface area contributed by atoms with Crippen LogP contribution in [0.3, 0.4) is 0 Å². The number of nitrogens with two attached hydrogens (primary N) is 2. The predicted octanol–water partition coefficient (Wildman–Crippen LogP) is 1.51. The van der Waals surface area contributed by atoms with Gasteiger partial charge in [0.1, 0.15) is 5.82 Å². The number of rotatable bonds is 3. The number of benzene rings is 1. The first-order chi connectivity index (χ1) is 14.3. The van der Waals surface area contributed by atoms with E-state index in [0.717, 1.165) is 12.8 Å². The Morgan fingerprint density at radius 3 is 2.60 bits per heavy atom. The summed E-state index contributed by atoms with van der Waals surface area (Å²) >= 11 is 0. The van der Waals surface area contributed by atoms with Crippen LogP contribution >= 0.6 is 0 Å². The largest absolute Gasteiger partial charge is 0.494 e. The van der Waals surface area contributed by atoms with E-state index in [1.807, 2.05) is 6.92 Å². The number of piperidine rings is 1. The van der Waals surface area contributed by atoms with Crippen molar-refractivity contribution in [1.29, 1.82) is 0 Å². The maximum Gasteiger partial charge on any atom is 0.264 e. The molecule has 30 heavy (non-hydrogen) atoms. The summed E-state index contributed by atoms with van der Waals surface area (Å²) in [6.07, 6.45) is 1.78. The van der Waals surface area contributed by atoms with E-state index in [2.05, 4.69) is 9.88 Å². The molecule has 1 spiro atoms. The number of hydrogen-bond acceptors (Lipinski definition) is 7. The minimum atomic E-state index is -0.564. The third kappa shape index (κ3) is 3.22. The Bertz CT molecular complexity index is 1020. The van der Waals surface area contributed by atoms with Gasteiger partial charge in [0.05, 0.1) is 25.4 Å². The SMILES string of the molecule is COc1ccc(-c2c(N)nc(N3CCC4(CC3)CO[C@@H](C)[C@H]4N)n(C)c2=O)cc1F. The van der Waals surface area contributed by atoms with E-state index < -0.39 is 5.82 Å². The number of nitrogen functional groups attached to an aromatic ring is 1. The average molecular weight is 417 g/mol. The van der Waals surface area contributed by atoms with Gasteiger partial charge in [0.25, 0.3) is 5.56 Å². The zero-order valence-electron chi connectivity index (χ0n) is 17.5. The number of anilines is 2. The first-order valence-electron chi connectivity index (χ1n) is 10.1. The van der Waals surface area contributed by atoms with Crippen LogP contribution in [0, 0.1) is 11.2 Å². The minimum Gasteiger partial charge on any atom is -0.494 e. The fourth-order valence-electron chi connectivity index (χ4n) is 4.61. The van der Waals surface area contributed by atoms with E-state index in [9.17, 15) is 9.18 Å². The molecule has 2 aliphatic rings. The second kappa shape index (κ2) is 7.55. The van der Waals surface area contributed by atoms with Crippen molar-refractivity contribution in [2.24, 2.45) is 18.2 Å². The van der Waals surface area contributed by atoms with Crippen LogP contribution in [-0.4, -0.2) is 48.5 Å². The van der Waals surface area contributed by atoms with Crippen LogP contribution < -0.4 is 26.7 Å². The van der Waals surface area contributed by atoms with Gasteiger partial charge in [-0.2, -0.15) is 4.98 Å². The molecule has 0 radical (unpaired) electrons. The molecule has 4 rings (SSSR count). The quantitative estimate of drug-likeness (QED) is 0.779. The lowest BCUT2D eigenvalue weighted by molar-refractivity contribution is 0.0973. The Morgan fingerprint density at radius 2 is 2.03 bits per heavy atom. The first-order valence-corrected chi connectivity index (χ1v) is 10.1. The third-order valence-electron chi connectivity index (χ3n) is 6.62. The summed E-state index contributed by atoms with van der Waals surface area (Å²) in [7, 11) is 3.04. The van der Waals surface area contributed by atoms with E-state index in [-0.39, 0.29) is 40.3 Å². The highest BCUT2D eigenvalue weighted by Crippen LogP contribution is 2.41. The second-order valence-corrected chi connectivity index (χ2v) is 8.28. The molecule has 0 amide bonds. The fraction of sp³-hybridized carbons (Fsp3) is 0.524. The topological polar surface area (TPSA) is 109 Å². The van der Waals surface area contributed by atoms with E-state index >= 15 is 0 Å². The molecule has 2 aliphatic heterocycles. The molecule has 4 N–H and O–H groups in total. The molecule has 1 aromatic heterocycles. The van der Waals surface area contributed by atoms with Gasteiger partial charge in [0, 0.05) is 31.6 Å². The lowest BCUT2D eigenvalue weighted by atomic mass is 9.73. The first kappa shape index (κ1) is 20.6. The number of nitrogens with zero attached hydrogens (tertiary/aromatic N) is 3. The molecule has 3 heterocycles. The van der Waals surface area contributed by atoms with Gasteiger partial charge in [-0.3, -0.25) is 9.36 Å². The zero-order chi connectivity index (χ0) is 21.6. The Morgan fingerprint density at radius 1 is 1.33 bits per heavy atom. The molecule has 0 aliphatic carbocycles. The molecule has 0 bridgehead atoms. The smallest absolute Gasteiger partial charge is 0.264 e. The maximum absolute atomic E-state index is 14.2. The fourth-order valence-corrected chi connectivity index (χ4v) is 4.61. The summed E-state index contributed by atoms with van der Waals surface area (Å²) in [6, 6.07) is 4.31. The summed E-state index contributed by atoms with van der Waals surface area (Å²) in [6.45, 7) is 4.10. The highest BCUT2D eigenvalue weighted by molar-refractivity contribution is 5.74. The molecular weight excluding hydrogens is 389 g/mol. The molecule has 2 atom stereocenters. The van der Waals surface area contributed by atoms with E-state index in [0.29, 0.717) is 31.2 Å². The molecule has 8 nitrogen and oxygen atoms in total. The van der Waals surface area contributed by atoms with Gasteiger partial charge in [-0.15, -0.1) is 0 Å².